The molecule has 0 unspecified atom stereocenters. The predicted molar refractivity (Wildman–Crippen MR) is 75.2 cm³/mol. The fourth-order valence-corrected chi connectivity index (χ4v) is 2.63. The molecule has 6 heteroatoms. The lowest BCUT2D eigenvalue weighted by molar-refractivity contribution is -0.123. The van der Waals surface area contributed by atoms with Gasteiger partial charge in [-0.05, 0) is 30.5 Å². The molecular weight excluding hydrogens is 268 g/mol. The van der Waals surface area contributed by atoms with Crippen LogP contribution in [0, 0.1) is 11.3 Å². The van der Waals surface area contributed by atoms with Gasteiger partial charge < -0.3 is 15.5 Å². The lowest BCUT2D eigenvalue weighted by atomic mass is 10.0. The summed E-state index contributed by atoms with van der Waals surface area (Å²) in [6.07, 6.45) is 1.70. The maximum Gasteiger partial charge on any atom is 0.317 e. The predicted octanol–water partition coefficient (Wildman–Crippen LogP) is 0.687. The quantitative estimate of drug-likeness (QED) is 0.856. The third-order valence-electron chi connectivity index (χ3n) is 4.07. The molecule has 1 saturated heterocycles. The first-order chi connectivity index (χ1) is 10.0. The van der Waals surface area contributed by atoms with Crippen LogP contribution >= 0.6 is 0 Å². The zero-order valence-corrected chi connectivity index (χ0v) is 11.7. The summed E-state index contributed by atoms with van der Waals surface area (Å²) in [6, 6.07) is 8.67. The molecular formula is C15H16N4O2. The normalized spacial score (nSPS) is 22.4. The molecule has 21 heavy (non-hydrogen) atoms. The summed E-state index contributed by atoms with van der Waals surface area (Å²) >= 11 is 0. The van der Waals surface area contributed by atoms with Crippen molar-refractivity contribution < 1.29 is 9.59 Å². The van der Waals surface area contributed by atoms with Gasteiger partial charge in [-0.3, -0.25) is 4.79 Å². The molecule has 1 heterocycles. The molecule has 2 fully saturated rings. The van der Waals surface area contributed by atoms with Gasteiger partial charge >= 0.3 is 6.03 Å². The fourth-order valence-electron chi connectivity index (χ4n) is 2.63. The van der Waals surface area contributed by atoms with Crippen molar-refractivity contribution in [1.29, 1.82) is 5.26 Å². The zero-order valence-electron chi connectivity index (χ0n) is 11.7. The molecule has 1 atom stereocenters. The molecule has 0 radical (unpaired) electrons. The summed E-state index contributed by atoms with van der Waals surface area (Å²) in [5.74, 6) is -0.174. The number of likely N-dealkylation sites (N-methyl/N-ethyl adjacent to an activating group) is 1. The third kappa shape index (κ3) is 2.42. The number of nitrogens with zero attached hydrogens (tertiary/aromatic N) is 2. The number of carbonyl (C=O) groups is 2. The van der Waals surface area contributed by atoms with E-state index in [1.165, 1.54) is 4.90 Å². The highest BCUT2D eigenvalue weighted by atomic mass is 16.2. The van der Waals surface area contributed by atoms with Crippen molar-refractivity contribution in [2.24, 2.45) is 0 Å². The molecule has 0 bridgehead atoms. The number of hydrogen-bond donors (Lipinski definition) is 2. The Balaban J connectivity index is 1.74. The molecule has 1 saturated carbocycles. The van der Waals surface area contributed by atoms with E-state index in [2.05, 4.69) is 16.7 Å². The third-order valence-corrected chi connectivity index (χ3v) is 4.07. The van der Waals surface area contributed by atoms with Crippen molar-refractivity contribution in [1.82, 2.24) is 15.5 Å². The molecule has 2 aliphatic rings. The molecule has 1 aliphatic carbocycles. The average molecular weight is 284 g/mol. The molecule has 0 spiro atoms. The number of carbonyl (C=O) groups excluding carboxylic acids is 2. The van der Waals surface area contributed by atoms with Gasteiger partial charge in [0.15, 0.2) is 0 Å². The number of nitrogens with one attached hydrogen (secondary N) is 2. The molecule has 6 nitrogen and oxygen atoms in total. The summed E-state index contributed by atoms with van der Waals surface area (Å²) < 4.78 is 0. The van der Waals surface area contributed by atoms with Crippen molar-refractivity contribution in [3.05, 3.63) is 35.4 Å². The number of hydrogen-bond acceptors (Lipinski definition) is 3. The van der Waals surface area contributed by atoms with Crippen molar-refractivity contribution in [3.8, 4) is 6.07 Å². The van der Waals surface area contributed by atoms with Crippen LogP contribution in [0.3, 0.4) is 0 Å². The van der Waals surface area contributed by atoms with E-state index in [4.69, 9.17) is 5.26 Å². The van der Waals surface area contributed by atoms with Gasteiger partial charge in [0.1, 0.15) is 6.04 Å². The van der Waals surface area contributed by atoms with Crippen LogP contribution in [0.5, 0.6) is 0 Å². The second kappa shape index (κ2) is 4.77. The van der Waals surface area contributed by atoms with Gasteiger partial charge in [0.2, 0.25) is 5.91 Å². The van der Waals surface area contributed by atoms with E-state index >= 15 is 0 Å². The minimum atomic E-state index is -0.515. The highest BCUT2D eigenvalue weighted by molar-refractivity contribution is 5.91. The van der Waals surface area contributed by atoms with Crippen molar-refractivity contribution >= 4 is 11.9 Å². The first-order valence-electron chi connectivity index (χ1n) is 6.88. The summed E-state index contributed by atoms with van der Waals surface area (Å²) in [7, 11) is 1.66. The Morgan fingerprint density at radius 3 is 2.86 bits per heavy atom. The molecule has 1 aromatic rings. The first-order valence-corrected chi connectivity index (χ1v) is 6.88. The second-order valence-corrected chi connectivity index (χ2v) is 5.65. The lowest BCUT2D eigenvalue weighted by Gasteiger charge is -2.20. The van der Waals surface area contributed by atoms with Crippen LogP contribution in [0.1, 0.15) is 24.0 Å². The van der Waals surface area contributed by atoms with Crippen molar-refractivity contribution in [2.45, 2.75) is 24.4 Å². The molecule has 1 aliphatic heterocycles. The van der Waals surface area contributed by atoms with Gasteiger partial charge in [-0.15, -0.1) is 0 Å². The van der Waals surface area contributed by atoms with Crippen LogP contribution in [0.2, 0.25) is 0 Å². The van der Waals surface area contributed by atoms with E-state index in [-0.39, 0.29) is 17.5 Å². The Hall–Kier alpha value is -2.55. The molecule has 2 N–H and O–H groups in total. The van der Waals surface area contributed by atoms with Gasteiger partial charge in [0.25, 0.3) is 0 Å². The average Bonchev–Trinajstić information content (AvgIpc) is 3.19. The van der Waals surface area contributed by atoms with Gasteiger partial charge in [-0.25, -0.2) is 4.79 Å². The minimum Gasteiger partial charge on any atom is -0.345 e. The van der Waals surface area contributed by atoms with E-state index < -0.39 is 6.04 Å². The lowest BCUT2D eigenvalue weighted by Crippen LogP contribution is -2.47. The van der Waals surface area contributed by atoms with Crippen LogP contribution in [0.15, 0.2) is 24.3 Å². The maximum absolute atomic E-state index is 12.3. The maximum atomic E-state index is 12.3. The van der Waals surface area contributed by atoms with Gasteiger partial charge in [0, 0.05) is 7.05 Å². The minimum absolute atomic E-state index is 0.174. The van der Waals surface area contributed by atoms with Gasteiger partial charge in [0.05, 0.1) is 23.7 Å². The molecule has 108 valence electrons. The fraction of sp³-hybridized carbons (Fsp3) is 0.400. The topological polar surface area (TPSA) is 85.2 Å². The number of nitriles is 1. The van der Waals surface area contributed by atoms with Gasteiger partial charge in [-0.2, -0.15) is 5.26 Å². The van der Waals surface area contributed by atoms with Crippen LogP contribution < -0.4 is 10.6 Å². The summed E-state index contributed by atoms with van der Waals surface area (Å²) in [5.41, 5.74) is 1.16. The summed E-state index contributed by atoms with van der Waals surface area (Å²) in [5, 5.41) is 14.6. The van der Waals surface area contributed by atoms with E-state index in [1.807, 2.05) is 18.2 Å². The molecule has 0 aromatic heterocycles. The highest BCUT2D eigenvalue weighted by Gasteiger charge is 2.47. The van der Waals surface area contributed by atoms with Crippen LogP contribution in [0.25, 0.3) is 0 Å². The van der Waals surface area contributed by atoms with E-state index in [0.29, 0.717) is 12.1 Å². The largest absolute Gasteiger partial charge is 0.345 e. The smallest absolute Gasteiger partial charge is 0.317 e. The SMILES string of the molecule is CN1C[C@@H](C(=O)NC2(c3cccc(C#N)c3)CC2)NC1=O. The molecule has 3 rings (SSSR count). The van der Waals surface area contributed by atoms with Gasteiger partial charge in [-0.1, -0.05) is 12.1 Å². The number of rotatable bonds is 3. The Labute approximate surface area is 122 Å². The van der Waals surface area contributed by atoms with Crippen LogP contribution in [-0.2, 0) is 10.3 Å². The zero-order chi connectivity index (χ0) is 15.0. The van der Waals surface area contributed by atoms with E-state index in [0.717, 1.165) is 18.4 Å². The van der Waals surface area contributed by atoms with E-state index in [9.17, 15) is 9.59 Å². The number of amides is 3. The Kier molecular flexibility index (Phi) is 3.05. The molecule has 3 amide bonds. The second-order valence-electron chi connectivity index (χ2n) is 5.65. The number of benzene rings is 1. The first kappa shape index (κ1) is 13.4. The standard InChI is InChI=1S/C15H16N4O2/c1-19-9-12(17-14(19)21)13(20)18-15(5-6-15)11-4-2-3-10(7-11)8-16/h2-4,7,12H,5-6,9H2,1H3,(H,17,21)(H,18,20)/t12-/m0/s1. The van der Waals surface area contributed by atoms with Crippen LogP contribution in [0.4, 0.5) is 4.79 Å². The van der Waals surface area contributed by atoms with E-state index in [1.54, 1.807) is 13.1 Å². The Morgan fingerprint density at radius 2 is 2.29 bits per heavy atom. The van der Waals surface area contributed by atoms with Crippen LogP contribution in [-0.4, -0.2) is 36.5 Å². The summed E-state index contributed by atoms with van der Waals surface area (Å²) in [4.78, 5) is 25.2. The summed E-state index contributed by atoms with van der Waals surface area (Å²) in [6.45, 7) is 0.374. The number of urea groups is 1. The van der Waals surface area contributed by atoms with Crippen molar-refractivity contribution in [3.63, 3.8) is 0 Å². The molecule has 1 aromatic carbocycles. The Morgan fingerprint density at radius 1 is 1.52 bits per heavy atom. The Bertz CT molecular complexity index is 645. The monoisotopic (exact) mass is 284 g/mol. The highest BCUT2D eigenvalue weighted by Crippen LogP contribution is 2.45. The van der Waals surface area contributed by atoms with Crippen molar-refractivity contribution in [2.75, 3.05) is 13.6 Å².